The number of rotatable bonds is 7. The van der Waals surface area contributed by atoms with Crippen LogP contribution in [-0.4, -0.2) is 34.4 Å². The van der Waals surface area contributed by atoms with E-state index in [1.807, 2.05) is 0 Å². The number of anilines is 2. The van der Waals surface area contributed by atoms with E-state index in [-0.39, 0.29) is 22.1 Å². The van der Waals surface area contributed by atoms with Crippen LogP contribution in [0.25, 0.3) is 0 Å². The number of hydrogen-bond donors (Lipinski definition) is 3. The van der Waals surface area contributed by atoms with Crippen LogP contribution in [0.15, 0.2) is 77.7 Å². The van der Waals surface area contributed by atoms with Crippen molar-refractivity contribution in [3.05, 3.63) is 83.9 Å². The Morgan fingerprint density at radius 1 is 0.839 bits per heavy atom. The standard InChI is InChI=1S/C22H21N3O5S/c1-23-21(26)16-11-12-20(30-2)19(14-16)24-22(27)15-7-6-10-18(13-15)31(28,29)25-17-8-4-3-5-9-17/h3-14,25H,1-2H3,(H,23,26)(H,24,27). The number of ether oxygens (including phenoxy) is 1. The van der Waals surface area contributed by atoms with Crippen molar-refractivity contribution < 1.29 is 22.7 Å². The molecule has 0 aliphatic heterocycles. The summed E-state index contributed by atoms with van der Waals surface area (Å²) in [6.45, 7) is 0. The molecule has 3 aromatic carbocycles. The monoisotopic (exact) mass is 439 g/mol. The van der Waals surface area contributed by atoms with E-state index in [1.165, 1.54) is 44.5 Å². The lowest BCUT2D eigenvalue weighted by Gasteiger charge is -2.13. The number of sulfonamides is 1. The maximum absolute atomic E-state index is 12.8. The van der Waals surface area contributed by atoms with Gasteiger partial charge in [-0.2, -0.15) is 0 Å². The minimum Gasteiger partial charge on any atom is -0.495 e. The summed E-state index contributed by atoms with van der Waals surface area (Å²) >= 11 is 0. The number of carbonyl (C=O) groups is 2. The zero-order chi connectivity index (χ0) is 22.4. The van der Waals surface area contributed by atoms with Gasteiger partial charge in [0.2, 0.25) is 0 Å². The van der Waals surface area contributed by atoms with E-state index in [9.17, 15) is 18.0 Å². The number of benzene rings is 3. The van der Waals surface area contributed by atoms with Crippen molar-refractivity contribution in [2.75, 3.05) is 24.2 Å². The highest BCUT2D eigenvalue weighted by Gasteiger charge is 2.18. The quantitative estimate of drug-likeness (QED) is 0.524. The molecule has 160 valence electrons. The van der Waals surface area contributed by atoms with Crippen LogP contribution in [0.4, 0.5) is 11.4 Å². The molecule has 0 bridgehead atoms. The summed E-state index contributed by atoms with van der Waals surface area (Å²) in [5, 5.41) is 5.18. The SMILES string of the molecule is CNC(=O)c1ccc(OC)c(NC(=O)c2cccc(S(=O)(=O)Nc3ccccc3)c2)c1. The molecule has 0 saturated carbocycles. The largest absolute Gasteiger partial charge is 0.495 e. The minimum atomic E-state index is -3.88. The highest BCUT2D eigenvalue weighted by molar-refractivity contribution is 7.92. The smallest absolute Gasteiger partial charge is 0.261 e. The first-order chi connectivity index (χ1) is 14.8. The Balaban J connectivity index is 1.86. The second kappa shape index (κ2) is 9.31. The fourth-order valence-electron chi connectivity index (χ4n) is 2.81. The Kier molecular flexibility index (Phi) is 6.56. The number of nitrogens with one attached hydrogen (secondary N) is 3. The molecule has 0 unspecified atom stereocenters. The van der Waals surface area contributed by atoms with Gasteiger partial charge in [-0.3, -0.25) is 14.3 Å². The van der Waals surface area contributed by atoms with Gasteiger partial charge in [0, 0.05) is 23.9 Å². The van der Waals surface area contributed by atoms with Gasteiger partial charge >= 0.3 is 0 Å². The van der Waals surface area contributed by atoms with E-state index in [2.05, 4.69) is 15.4 Å². The highest BCUT2D eigenvalue weighted by atomic mass is 32.2. The highest BCUT2D eigenvalue weighted by Crippen LogP contribution is 2.26. The molecule has 31 heavy (non-hydrogen) atoms. The van der Waals surface area contributed by atoms with Crippen molar-refractivity contribution in [2.45, 2.75) is 4.90 Å². The summed E-state index contributed by atoms with van der Waals surface area (Å²) in [5.41, 5.74) is 1.16. The molecule has 2 amide bonds. The lowest BCUT2D eigenvalue weighted by atomic mass is 10.1. The summed E-state index contributed by atoms with van der Waals surface area (Å²) in [7, 11) is -0.946. The van der Waals surface area contributed by atoms with Crippen LogP contribution < -0.4 is 20.1 Å². The Morgan fingerprint density at radius 3 is 2.23 bits per heavy atom. The van der Waals surface area contributed by atoms with Gasteiger partial charge in [-0.15, -0.1) is 0 Å². The van der Waals surface area contributed by atoms with Gasteiger partial charge in [0.25, 0.3) is 21.8 Å². The van der Waals surface area contributed by atoms with Gasteiger partial charge in [0.1, 0.15) is 5.75 Å². The summed E-state index contributed by atoms with van der Waals surface area (Å²) in [5.74, 6) is -0.516. The Bertz CT molecular complexity index is 1210. The predicted molar refractivity (Wildman–Crippen MR) is 118 cm³/mol. The Hall–Kier alpha value is -3.85. The van der Waals surface area contributed by atoms with Crippen molar-refractivity contribution in [2.24, 2.45) is 0 Å². The van der Waals surface area contributed by atoms with Crippen molar-refractivity contribution in [3.63, 3.8) is 0 Å². The summed E-state index contributed by atoms with van der Waals surface area (Å²) < 4.78 is 33.1. The van der Waals surface area contributed by atoms with E-state index in [0.717, 1.165) is 0 Å². The average molecular weight is 439 g/mol. The molecule has 0 fully saturated rings. The molecule has 0 aromatic heterocycles. The van der Waals surface area contributed by atoms with Crippen LogP contribution in [0.5, 0.6) is 5.75 Å². The number of amides is 2. The molecule has 3 rings (SSSR count). The number of hydrogen-bond acceptors (Lipinski definition) is 5. The van der Waals surface area contributed by atoms with Gasteiger partial charge in [-0.05, 0) is 48.5 Å². The number of para-hydroxylation sites is 1. The third kappa shape index (κ3) is 5.20. The molecule has 0 saturated heterocycles. The molecule has 0 spiro atoms. The Morgan fingerprint density at radius 2 is 1.55 bits per heavy atom. The molecular weight excluding hydrogens is 418 g/mol. The van der Waals surface area contributed by atoms with Crippen molar-refractivity contribution >= 4 is 33.2 Å². The van der Waals surface area contributed by atoms with Gasteiger partial charge in [0.05, 0.1) is 17.7 Å². The Labute approximate surface area is 180 Å². The van der Waals surface area contributed by atoms with Gasteiger partial charge in [-0.1, -0.05) is 24.3 Å². The van der Waals surface area contributed by atoms with Crippen LogP contribution in [-0.2, 0) is 10.0 Å². The zero-order valence-electron chi connectivity index (χ0n) is 16.9. The molecule has 0 radical (unpaired) electrons. The topological polar surface area (TPSA) is 114 Å². The summed E-state index contributed by atoms with van der Waals surface area (Å²) in [6.07, 6.45) is 0. The van der Waals surface area contributed by atoms with Gasteiger partial charge in [0.15, 0.2) is 0 Å². The van der Waals surface area contributed by atoms with E-state index in [4.69, 9.17) is 4.74 Å². The molecule has 0 atom stereocenters. The van der Waals surface area contributed by atoms with Crippen molar-refractivity contribution in [1.29, 1.82) is 0 Å². The first-order valence-corrected chi connectivity index (χ1v) is 10.7. The van der Waals surface area contributed by atoms with Crippen molar-refractivity contribution in [1.82, 2.24) is 5.32 Å². The molecule has 9 heteroatoms. The molecular formula is C22H21N3O5S. The first-order valence-electron chi connectivity index (χ1n) is 9.23. The molecule has 3 N–H and O–H groups in total. The maximum atomic E-state index is 12.8. The third-order valence-electron chi connectivity index (χ3n) is 4.37. The molecule has 0 aliphatic carbocycles. The van der Waals surface area contributed by atoms with Crippen LogP contribution >= 0.6 is 0 Å². The van der Waals surface area contributed by atoms with Crippen molar-refractivity contribution in [3.8, 4) is 5.75 Å². The first kappa shape index (κ1) is 21.8. The molecule has 0 aliphatic rings. The second-order valence-electron chi connectivity index (χ2n) is 6.45. The van der Waals surface area contributed by atoms with E-state index in [1.54, 1.807) is 42.5 Å². The second-order valence-corrected chi connectivity index (χ2v) is 8.13. The van der Waals surface area contributed by atoms with Gasteiger partial charge < -0.3 is 15.4 Å². The van der Waals surface area contributed by atoms with Gasteiger partial charge in [-0.25, -0.2) is 8.42 Å². The minimum absolute atomic E-state index is 0.0601. The lowest BCUT2D eigenvalue weighted by Crippen LogP contribution is -2.19. The molecule has 8 nitrogen and oxygen atoms in total. The lowest BCUT2D eigenvalue weighted by molar-refractivity contribution is 0.0961. The van der Waals surface area contributed by atoms with E-state index < -0.39 is 15.9 Å². The normalized spacial score (nSPS) is 10.8. The third-order valence-corrected chi connectivity index (χ3v) is 5.75. The molecule has 3 aromatic rings. The molecule has 0 heterocycles. The fraction of sp³-hybridized carbons (Fsp3) is 0.0909. The van der Waals surface area contributed by atoms with Crippen LogP contribution in [0, 0.1) is 0 Å². The fourth-order valence-corrected chi connectivity index (χ4v) is 3.91. The van der Waals surface area contributed by atoms with Crippen LogP contribution in [0.2, 0.25) is 0 Å². The summed E-state index contributed by atoms with van der Waals surface area (Å²) in [4.78, 5) is 24.6. The van der Waals surface area contributed by atoms with Crippen LogP contribution in [0.1, 0.15) is 20.7 Å². The van der Waals surface area contributed by atoms with E-state index in [0.29, 0.717) is 17.0 Å². The average Bonchev–Trinajstić information content (AvgIpc) is 2.79. The number of carbonyl (C=O) groups excluding carboxylic acids is 2. The van der Waals surface area contributed by atoms with Crippen LogP contribution in [0.3, 0.4) is 0 Å². The summed E-state index contributed by atoms with van der Waals surface area (Å²) in [6, 6.07) is 18.7. The zero-order valence-corrected chi connectivity index (χ0v) is 17.7. The van der Waals surface area contributed by atoms with E-state index >= 15 is 0 Å². The number of methoxy groups -OCH3 is 1. The maximum Gasteiger partial charge on any atom is 0.261 e. The predicted octanol–water partition coefficient (Wildman–Crippen LogP) is 3.11.